The lowest BCUT2D eigenvalue weighted by atomic mass is 10.2. The second kappa shape index (κ2) is 11.2. The minimum absolute atomic E-state index is 0.00627. The van der Waals surface area contributed by atoms with Crippen molar-refractivity contribution >= 4 is 49.1 Å². The number of rotatable bonds is 9. The Labute approximate surface area is 225 Å². The quantitative estimate of drug-likeness (QED) is 0.299. The van der Waals surface area contributed by atoms with Gasteiger partial charge in [0.15, 0.2) is 8.32 Å². The molecule has 3 rings (SSSR count). The first-order chi connectivity index (χ1) is 17.2. The molecule has 0 aliphatic carbocycles. The Morgan fingerprint density at radius 1 is 1.08 bits per heavy atom. The van der Waals surface area contributed by atoms with Crippen molar-refractivity contribution in [3.63, 3.8) is 0 Å². The van der Waals surface area contributed by atoms with Gasteiger partial charge >= 0.3 is 11.7 Å². The molecule has 1 aromatic carbocycles. The number of halogens is 2. The highest BCUT2D eigenvalue weighted by Crippen LogP contribution is 2.36. The van der Waals surface area contributed by atoms with Crippen LogP contribution in [0.25, 0.3) is 5.69 Å². The molecule has 1 amide bonds. The predicted molar refractivity (Wildman–Crippen MR) is 145 cm³/mol. The summed E-state index contributed by atoms with van der Waals surface area (Å²) in [4.78, 5) is 46.4. The van der Waals surface area contributed by atoms with E-state index in [9.17, 15) is 14.4 Å². The van der Waals surface area contributed by atoms with E-state index in [1.807, 2.05) is 0 Å². The van der Waals surface area contributed by atoms with Crippen LogP contribution in [0.15, 0.2) is 47.8 Å². The fraction of sp³-hybridized carbons (Fsp3) is 0.375. The van der Waals surface area contributed by atoms with Crippen molar-refractivity contribution in [2.75, 3.05) is 18.1 Å². The maximum atomic E-state index is 13.6. The SMILES string of the molecule is CC(C)(C)[Si](C)(C)OCCN(C(=O)c1c(Cl)ncnc1Cl)c1ccc(-n2ccn(CC(=O)O)c2=O)cc1. The van der Waals surface area contributed by atoms with E-state index >= 15 is 0 Å². The Morgan fingerprint density at radius 2 is 1.68 bits per heavy atom. The zero-order valence-corrected chi connectivity index (χ0v) is 23.7. The highest BCUT2D eigenvalue weighted by Gasteiger charge is 2.37. The molecule has 2 heterocycles. The van der Waals surface area contributed by atoms with E-state index in [0.717, 1.165) is 4.57 Å². The number of hydrogen-bond donors (Lipinski definition) is 1. The average Bonchev–Trinajstić information content (AvgIpc) is 3.15. The number of carbonyl (C=O) groups excluding carboxylic acids is 1. The fourth-order valence-electron chi connectivity index (χ4n) is 3.28. The number of nitrogens with zero attached hydrogens (tertiary/aromatic N) is 5. The van der Waals surface area contributed by atoms with Gasteiger partial charge in [0.25, 0.3) is 5.91 Å². The van der Waals surface area contributed by atoms with Crippen molar-refractivity contribution in [1.82, 2.24) is 19.1 Å². The molecule has 0 atom stereocenters. The van der Waals surface area contributed by atoms with Crippen LogP contribution in [-0.2, 0) is 15.8 Å². The maximum Gasteiger partial charge on any atom is 0.333 e. The van der Waals surface area contributed by atoms with Crippen LogP contribution in [0.4, 0.5) is 5.69 Å². The smallest absolute Gasteiger partial charge is 0.333 e. The van der Waals surface area contributed by atoms with Gasteiger partial charge in [0, 0.05) is 24.6 Å². The Morgan fingerprint density at radius 3 is 2.22 bits per heavy atom. The van der Waals surface area contributed by atoms with Gasteiger partial charge in [-0.2, -0.15) is 0 Å². The van der Waals surface area contributed by atoms with Gasteiger partial charge in [-0.05, 0) is 42.4 Å². The van der Waals surface area contributed by atoms with E-state index in [0.29, 0.717) is 11.4 Å². The summed E-state index contributed by atoms with van der Waals surface area (Å²) in [5.41, 5.74) is 0.499. The molecule has 0 spiro atoms. The number of hydrogen-bond acceptors (Lipinski definition) is 6. The van der Waals surface area contributed by atoms with Crippen LogP contribution in [0.5, 0.6) is 0 Å². The summed E-state index contributed by atoms with van der Waals surface area (Å²) >= 11 is 12.4. The van der Waals surface area contributed by atoms with E-state index in [1.54, 1.807) is 24.3 Å². The number of aliphatic carboxylic acids is 1. The lowest BCUT2D eigenvalue weighted by Crippen LogP contribution is -2.43. The average molecular weight is 567 g/mol. The molecular weight excluding hydrogens is 537 g/mol. The second-order valence-electron chi connectivity index (χ2n) is 9.88. The first-order valence-corrected chi connectivity index (χ1v) is 15.1. The molecule has 0 saturated heterocycles. The predicted octanol–water partition coefficient (Wildman–Crippen LogP) is 4.49. The summed E-state index contributed by atoms with van der Waals surface area (Å²) in [6.07, 6.45) is 4.06. The topological polar surface area (TPSA) is 120 Å². The first kappa shape index (κ1) is 28.6. The van der Waals surface area contributed by atoms with E-state index < -0.39 is 32.4 Å². The molecule has 198 valence electrons. The van der Waals surface area contributed by atoms with E-state index in [4.69, 9.17) is 32.7 Å². The Bertz CT molecular complexity index is 1330. The van der Waals surface area contributed by atoms with Crippen LogP contribution in [0.3, 0.4) is 0 Å². The van der Waals surface area contributed by atoms with Gasteiger partial charge in [-0.15, -0.1) is 0 Å². The number of amides is 1. The summed E-state index contributed by atoms with van der Waals surface area (Å²) in [7, 11) is -2.07. The molecule has 0 aliphatic rings. The highest BCUT2D eigenvalue weighted by atomic mass is 35.5. The molecule has 0 unspecified atom stereocenters. The first-order valence-electron chi connectivity index (χ1n) is 11.4. The second-order valence-corrected chi connectivity index (χ2v) is 15.4. The normalized spacial score (nSPS) is 12.0. The van der Waals surface area contributed by atoms with E-state index in [2.05, 4.69) is 43.8 Å². The van der Waals surface area contributed by atoms with Crippen molar-refractivity contribution in [1.29, 1.82) is 0 Å². The van der Waals surface area contributed by atoms with Crippen LogP contribution < -0.4 is 10.6 Å². The number of carboxylic acids is 1. The van der Waals surface area contributed by atoms with Crippen LogP contribution in [0, 0.1) is 0 Å². The highest BCUT2D eigenvalue weighted by molar-refractivity contribution is 6.74. The number of aromatic nitrogens is 4. The number of anilines is 1. The molecule has 3 aromatic rings. The van der Waals surface area contributed by atoms with Gasteiger partial charge in [0.2, 0.25) is 0 Å². The minimum atomic E-state index is -2.07. The minimum Gasteiger partial charge on any atom is -0.480 e. The third-order valence-electron chi connectivity index (χ3n) is 6.39. The molecule has 13 heteroatoms. The monoisotopic (exact) mass is 565 g/mol. The molecule has 0 aliphatic heterocycles. The molecular formula is C24H29Cl2N5O5Si. The molecule has 2 aromatic heterocycles. The summed E-state index contributed by atoms with van der Waals surface area (Å²) in [6, 6.07) is 6.65. The zero-order chi connectivity index (χ0) is 27.5. The molecule has 37 heavy (non-hydrogen) atoms. The number of imidazole rings is 1. The van der Waals surface area contributed by atoms with E-state index in [1.165, 1.54) is 28.2 Å². The zero-order valence-electron chi connectivity index (χ0n) is 21.2. The lowest BCUT2D eigenvalue weighted by Gasteiger charge is -2.37. The van der Waals surface area contributed by atoms with Crippen LogP contribution in [0.1, 0.15) is 31.1 Å². The van der Waals surface area contributed by atoms with Crippen molar-refractivity contribution in [2.45, 2.75) is 45.4 Å². The maximum absolute atomic E-state index is 13.6. The standard InChI is InChI=1S/C24H29Cl2N5O5Si/c1-24(2,3)37(4,5)36-13-12-30(22(34)19-20(25)27-15-28-21(19)26)16-6-8-17(9-7-16)31-11-10-29(23(31)35)14-18(32)33/h6-11,15H,12-14H2,1-5H3,(H,32,33). The Hall–Kier alpha value is -2.99. The number of carbonyl (C=O) groups is 2. The third kappa shape index (κ3) is 6.47. The summed E-state index contributed by atoms with van der Waals surface area (Å²) in [6.45, 7) is 10.7. The fourth-order valence-corrected chi connectivity index (χ4v) is 4.79. The van der Waals surface area contributed by atoms with Gasteiger partial charge < -0.3 is 14.4 Å². The summed E-state index contributed by atoms with van der Waals surface area (Å²) in [5.74, 6) is -1.61. The van der Waals surface area contributed by atoms with Gasteiger partial charge in [0.05, 0.1) is 12.3 Å². The van der Waals surface area contributed by atoms with Gasteiger partial charge in [-0.25, -0.2) is 14.8 Å². The van der Waals surface area contributed by atoms with Gasteiger partial charge in [-0.3, -0.25) is 18.7 Å². The van der Waals surface area contributed by atoms with Crippen LogP contribution in [-0.4, -0.2) is 57.6 Å². The number of benzene rings is 1. The van der Waals surface area contributed by atoms with Crippen molar-refractivity contribution in [3.8, 4) is 5.69 Å². The molecule has 0 saturated carbocycles. The van der Waals surface area contributed by atoms with Crippen LogP contribution >= 0.6 is 23.2 Å². The molecule has 0 fully saturated rings. The largest absolute Gasteiger partial charge is 0.480 e. The van der Waals surface area contributed by atoms with Gasteiger partial charge in [-0.1, -0.05) is 44.0 Å². The summed E-state index contributed by atoms with van der Waals surface area (Å²) < 4.78 is 8.69. The lowest BCUT2D eigenvalue weighted by molar-refractivity contribution is -0.137. The van der Waals surface area contributed by atoms with Crippen molar-refractivity contribution in [3.05, 3.63) is 69.3 Å². The number of carboxylic acid groups (broad SMARTS) is 1. The van der Waals surface area contributed by atoms with Crippen molar-refractivity contribution in [2.24, 2.45) is 0 Å². The molecule has 0 bridgehead atoms. The third-order valence-corrected chi connectivity index (χ3v) is 11.5. The van der Waals surface area contributed by atoms with E-state index in [-0.39, 0.29) is 34.1 Å². The summed E-state index contributed by atoms with van der Waals surface area (Å²) in [5, 5.41) is 8.84. The Kier molecular flexibility index (Phi) is 8.63. The van der Waals surface area contributed by atoms with Gasteiger partial charge in [0.1, 0.15) is 28.7 Å². The molecule has 0 radical (unpaired) electrons. The van der Waals surface area contributed by atoms with Crippen LogP contribution in [0.2, 0.25) is 28.4 Å². The Balaban J connectivity index is 1.93. The van der Waals surface area contributed by atoms with Crippen molar-refractivity contribution < 1.29 is 19.1 Å². The molecule has 1 N–H and O–H groups in total. The molecule has 10 nitrogen and oxygen atoms in total.